The van der Waals surface area contributed by atoms with Crippen molar-refractivity contribution in [3.8, 4) is 17.0 Å². The van der Waals surface area contributed by atoms with Crippen molar-refractivity contribution in [1.29, 1.82) is 0 Å². The Hall–Kier alpha value is -2.82. The number of amides is 1. The van der Waals surface area contributed by atoms with Gasteiger partial charge in [-0.2, -0.15) is 0 Å². The SMILES string of the molecule is COc1ccc(-c2cn3ccccc3n2)cc1NC(=O)CC1CCCC1. The van der Waals surface area contributed by atoms with E-state index in [1.165, 1.54) is 12.8 Å². The summed E-state index contributed by atoms with van der Waals surface area (Å²) in [5.74, 6) is 1.24. The van der Waals surface area contributed by atoms with Gasteiger partial charge in [-0.3, -0.25) is 4.79 Å². The van der Waals surface area contributed by atoms with E-state index >= 15 is 0 Å². The van der Waals surface area contributed by atoms with Gasteiger partial charge in [0.05, 0.1) is 18.5 Å². The van der Waals surface area contributed by atoms with Crippen molar-refractivity contribution < 1.29 is 9.53 Å². The maximum atomic E-state index is 12.4. The Bertz CT molecular complexity index is 893. The van der Waals surface area contributed by atoms with E-state index in [0.717, 1.165) is 29.7 Å². The number of rotatable bonds is 5. The highest BCUT2D eigenvalue weighted by Crippen LogP contribution is 2.32. The van der Waals surface area contributed by atoms with Gasteiger partial charge in [-0.05, 0) is 49.1 Å². The molecule has 1 aliphatic carbocycles. The summed E-state index contributed by atoms with van der Waals surface area (Å²) in [5, 5.41) is 3.03. The number of pyridine rings is 1. The number of imidazole rings is 1. The molecule has 2 heterocycles. The third-order valence-electron chi connectivity index (χ3n) is 5.08. The number of hydrogen-bond acceptors (Lipinski definition) is 3. The van der Waals surface area contributed by atoms with Crippen molar-refractivity contribution in [2.45, 2.75) is 32.1 Å². The Morgan fingerprint density at radius 2 is 2.12 bits per heavy atom. The van der Waals surface area contributed by atoms with Gasteiger partial charge >= 0.3 is 0 Å². The molecule has 3 aromatic rings. The predicted molar refractivity (Wildman–Crippen MR) is 102 cm³/mol. The van der Waals surface area contributed by atoms with E-state index in [1.54, 1.807) is 7.11 Å². The van der Waals surface area contributed by atoms with Crippen molar-refractivity contribution in [2.75, 3.05) is 12.4 Å². The van der Waals surface area contributed by atoms with E-state index in [2.05, 4.69) is 10.3 Å². The number of nitrogens with zero attached hydrogens (tertiary/aromatic N) is 2. The van der Waals surface area contributed by atoms with E-state index in [-0.39, 0.29) is 5.91 Å². The van der Waals surface area contributed by atoms with Gasteiger partial charge in [-0.25, -0.2) is 4.98 Å². The van der Waals surface area contributed by atoms with Gasteiger partial charge in [0, 0.05) is 24.4 Å². The number of methoxy groups -OCH3 is 1. The minimum atomic E-state index is 0.0577. The van der Waals surface area contributed by atoms with Crippen molar-refractivity contribution in [3.63, 3.8) is 0 Å². The standard InChI is InChI=1S/C21H23N3O2/c1-26-19-10-9-16(18-14-24-11-5-4-8-20(24)22-18)13-17(19)23-21(25)12-15-6-2-3-7-15/h4-5,8-11,13-15H,2-3,6-7,12H2,1H3,(H,23,25). The quantitative estimate of drug-likeness (QED) is 0.736. The normalized spacial score (nSPS) is 14.7. The highest BCUT2D eigenvalue weighted by Gasteiger charge is 2.19. The fourth-order valence-corrected chi connectivity index (χ4v) is 3.72. The molecule has 0 atom stereocenters. The molecule has 2 aromatic heterocycles. The Labute approximate surface area is 153 Å². The third kappa shape index (κ3) is 3.43. The Balaban J connectivity index is 1.59. The number of nitrogens with one attached hydrogen (secondary N) is 1. The maximum absolute atomic E-state index is 12.4. The first-order valence-corrected chi connectivity index (χ1v) is 9.15. The lowest BCUT2D eigenvalue weighted by Crippen LogP contribution is -2.15. The molecule has 1 amide bonds. The second-order valence-corrected chi connectivity index (χ2v) is 6.91. The summed E-state index contributed by atoms with van der Waals surface area (Å²) in [7, 11) is 1.62. The summed E-state index contributed by atoms with van der Waals surface area (Å²) in [6, 6.07) is 11.7. The molecular formula is C21H23N3O2. The van der Waals surface area contributed by atoms with Crippen LogP contribution in [0.15, 0.2) is 48.8 Å². The number of fused-ring (bicyclic) bond motifs is 1. The first-order chi connectivity index (χ1) is 12.7. The van der Waals surface area contributed by atoms with Crippen molar-refractivity contribution in [2.24, 2.45) is 5.92 Å². The van der Waals surface area contributed by atoms with E-state index in [9.17, 15) is 4.79 Å². The number of benzene rings is 1. The molecule has 1 fully saturated rings. The second kappa shape index (κ2) is 7.20. The van der Waals surface area contributed by atoms with Crippen LogP contribution in [-0.4, -0.2) is 22.4 Å². The zero-order valence-electron chi connectivity index (χ0n) is 14.9. The van der Waals surface area contributed by atoms with Gasteiger partial charge in [0.25, 0.3) is 0 Å². The molecule has 26 heavy (non-hydrogen) atoms. The summed E-state index contributed by atoms with van der Waals surface area (Å²) >= 11 is 0. The highest BCUT2D eigenvalue weighted by atomic mass is 16.5. The van der Waals surface area contributed by atoms with Crippen LogP contribution in [0.2, 0.25) is 0 Å². The first kappa shape index (κ1) is 16.6. The molecule has 0 spiro atoms. The first-order valence-electron chi connectivity index (χ1n) is 9.15. The highest BCUT2D eigenvalue weighted by molar-refractivity contribution is 5.93. The van der Waals surface area contributed by atoms with Crippen LogP contribution in [0.5, 0.6) is 5.75 Å². The van der Waals surface area contributed by atoms with Crippen LogP contribution in [0.25, 0.3) is 16.9 Å². The minimum Gasteiger partial charge on any atom is -0.495 e. The molecule has 1 aromatic carbocycles. The number of carbonyl (C=O) groups excluding carboxylic acids is 1. The van der Waals surface area contributed by atoms with Crippen molar-refractivity contribution in [3.05, 3.63) is 48.8 Å². The van der Waals surface area contributed by atoms with Gasteiger partial charge in [-0.15, -0.1) is 0 Å². The van der Waals surface area contributed by atoms with Crippen LogP contribution in [-0.2, 0) is 4.79 Å². The number of ether oxygens (including phenoxy) is 1. The molecule has 134 valence electrons. The zero-order valence-corrected chi connectivity index (χ0v) is 14.9. The van der Waals surface area contributed by atoms with E-state index in [0.29, 0.717) is 23.8 Å². The molecule has 0 aliphatic heterocycles. The number of carbonyl (C=O) groups is 1. The maximum Gasteiger partial charge on any atom is 0.224 e. The smallest absolute Gasteiger partial charge is 0.224 e. The lowest BCUT2D eigenvalue weighted by molar-refractivity contribution is -0.117. The molecule has 0 radical (unpaired) electrons. The Morgan fingerprint density at radius 1 is 1.27 bits per heavy atom. The topological polar surface area (TPSA) is 55.6 Å². The molecule has 0 saturated heterocycles. The van der Waals surface area contributed by atoms with Crippen LogP contribution >= 0.6 is 0 Å². The number of aromatic nitrogens is 2. The molecule has 5 nitrogen and oxygen atoms in total. The van der Waals surface area contributed by atoms with E-state index in [4.69, 9.17) is 4.74 Å². The summed E-state index contributed by atoms with van der Waals surface area (Å²) in [6.07, 6.45) is 9.34. The zero-order chi connectivity index (χ0) is 17.9. The molecule has 0 unspecified atom stereocenters. The summed E-state index contributed by atoms with van der Waals surface area (Å²) in [4.78, 5) is 17.1. The van der Waals surface area contributed by atoms with Crippen LogP contribution in [0.4, 0.5) is 5.69 Å². The van der Waals surface area contributed by atoms with Crippen LogP contribution in [0.1, 0.15) is 32.1 Å². The lowest BCUT2D eigenvalue weighted by Gasteiger charge is -2.13. The van der Waals surface area contributed by atoms with Gasteiger partial charge in [0.1, 0.15) is 11.4 Å². The third-order valence-corrected chi connectivity index (χ3v) is 5.08. The van der Waals surface area contributed by atoms with E-state index < -0.39 is 0 Å². The number of hydrogen-bond donors (Lipinski definition) is 1. The van der Waals surface area contributed by atoms with Crippen LogP contribution in [0.3, 0.4) is 0 Å². The summed E-state index contributed by atoms with van der Waals surface area (Å²) in [5.41, 5.74) is 3.41. The number of anilines is 1. The molecule has 5 heteroatoms. The monoisotopic (exact) mass is 349 g/mol. The van der Waals surface area contributed by atoms with Crippen molar-refractivity contribution >= 4 is 17.2 Å². The molecule has 1 saturated carbocycles. The average molecular weight is 349 g/mol. The largest absolute Gasteiger partial charge is 0.495 e. The lowest BCUT2D eigenvalue weighted by atomic mass is 10.0. The second-order valence-electron chi connectivity index (χ2n) is 6.91. The average Bonchev–Trinajstić information content (AvgIpc) is 3.30. The van der Waals surface area contributed by atoms with Gasteiger partial charge < -0.3 is 14.5 Å². The molecule has 1 aliphatic rings. The van der Waals surface area contributed by atoms with Crippen LogP contribution in [0, 0.1) is 5.92 Å². The molecular weight excluding hydrogens is 326 g/mol. The Kier molecular flexibility index (Phi) is 4.61. The van der Waals surface area contributed by atoms with E-state index in [1.807, 2.05) is 53.2 Å². The van der Waals surface area contributed by atoms with Gasteiger partial charge in [0.15, 0.2) is 0 Å². The fourth-order valence-electron chi connectivity index (χ4n) is 3.72. The van der Waals surface area contributed by atoms with Crippen molar-refractivity contribution in [1.82, 2.24) is 9.38 Å². The van der Waals surface area contributed by atoms with Crippen LogP contribution < -0.4 is 10.1 Å². The van der Waals surface area contributed by atoms with Gasteiger partial charge in [-0.1, -0.05) is 18.9 Å². The predicted octanol–water partition coefficient (Wildman–Crippen LogP) is 4.53. The minimum absolute atomic E-state index is 0.0577. The molecule has 1 N–H and O–H groups in total. The fraction of sp³-hybridized carbons (Fsp3) is 0.333. The molecule has 0 bridgehead atoms. The summed E-state index contributed by atoms with van der Waals surface area (Å²) < 4.78 is 7.41. The Morgan fingerprint density at radius 3 is 2.88 bits per heavy atom. The summed E-state index contributed by atoms with van der Waals surface area (Å²) in [6.45, 7) is 0. The van der Waals surface area contributed by atoms with Gasteiger partial charge in [0.2, 0.25) is 5.91 Å². The molecule has 4 rings (SSSR count).